The van der Waals surface area contributed by atoms with Gasteiger partial charge in [-0.25, -0.2) is 13.8 Å². The number of halogens is 3. The fourth-order valence-corrected chi connectivity index (χ4v) is 1.65. The molecule has 5 heteroatoms. The molecule has 0 bridgehead atoms. The predicted molar refractivity (Wildman–Crippen MR) is 50.9 cm³/mol. The van der Waals surface area contributed by atoms with E-state index in [9.17, 15) is 8.78 Å². The average Bonchev–Trinajstić information content (AvgIpc) is 2.09. The minimum absolute atomic E-state index is 0.0544. The van der Waals surface area contributed by atoms with Crippen molar-refractivity contribution in [3.05, 3.63) is 27.5 Å². The molecule has 0 atom stereocenters. The first kappa shape index (κ1) is 11.1. The van der Waals surface area contributed by atoms with Gasteiger partial charge in [0.15, 0.2) is 0 Å². The fourth-order valence-electron chi connectivity index (χ4n) is 1.04. The lowest BCUT2D eigenvalue weighted by Crippen LogP contribution is -2.00. The summed E-state index contributed by atoms with van der Waals surface area (Å²) in [5.41, 5.74) is 0.842. The normalized spacial score (nSPS) is 10.3. The number of nitrogens with zero attached hydrogens (tertiary/aromatic N) is 2. The van der Waals surface area contributed by atoms with Crippen LogP contribution < -0.4 is 0 Å². The van der Waals surface area contributed by atoms with Crippen LogP contribution in [0.4, 0.5) is 8.78 Å². The summed E-state index contributed by atoms with van der Waals surface area (Å²) in [6.45, 7) is 1.74. The Kier molecular flexibility index (Phi) is 3.53. The molecule has 0 N–H and O–H groups in total. The van der Waals surface area contributed by atoms with Crippen LogP contribution in [0.1, 0.15) is 23.4 Å². The van der Waals surface area contributed by atoms with Crippen molar-refractivity contribution in [3.8, 4) is 6.07 Å². The molecule has 0 aliphatic heterocycles. The molecule has 0 aliphatic rings. The largest absolute Gasteiger partial charge is 0.281 e. The zero-order chi connectivity index (χ0) is 10.7. The van der Waals surface area contributed by atoms with Crippen LogP contribution in [0.5, 0.6) is 0 Å². The highest BCUT2D eigenvalue weighted by Crippen LogP contribution is 2.27. The van der Waals surface area contributed by atoms with Crippen LogP contribution in [-0.4, -0.2) is 4.98 Å². The standard InChI is InChI=1S/C9H7BrF2N2/c1-5-4-6(10)8(9(11)12)14-7(5)2-3-13/h4,9H,2H2,1H3. The maximum atomic E-state index is 12.4. The van der Waals surface area contributed by atoms with E-state index in [0.717, 1.165) is 5.56 Å². The smallest absolute Gasteiger partial charge is 0.249 e. The van der Waals surface area contributed by atoms with Gasteiger partial charge in [-0.1, -0.05) is 0 Å². The van der Waals surface area contributed by atoms with Gasteiger partial charge >= 0.3 is 0 Å². The highest BCUT2D eigenvalue weighted by atomic mass is 79.9. The van der Waals surface area contributed by atoms with E-state index in [1.165, 1.54) is 0 Å². The third kappa shape index (κ3) is 2.26. The van der Waals surface area contributed by atoms with E-state index in [4.69, 9.17) is 5.26 Å². The van der Waals surface area contributed by atoms with E-state index in [1.807, 2.05) is 6.07 Å². The summed E-state index contributed by atoms with van der Waals surface area (Å²) in [7, 11) is 0. The van der Waals surface area contributed by atoms with Crippen LogP contribution in [-0.2, 0) is 6.42 Å². The minimum atomic E-state index is -2.62. The molecule has 2 nitrogen and oxygen atoms in total. The van der Waals surface area contributed by atoms with Gasteiger partial charge in [0, 0.05) is 4.47 Å². The quantitative estimate of drug-likeness (QED) is 0.819. The fraction of sp³-hybridized carbons (Fsp3) is 0.333. The van der Waals surface area contributed by atoms with Crippen LogP contribution >= 0.6 is 15.9 Å². The van der Waals surface area contributed by atoms with Gasteiger partial charge in [0.25, 0.3) is 6.43 Å². The molecule has 0 saturated heterocycles. The number of aromatic nitrogens is 1. The number of hydrogen-bond acceptors (Lipinski definition) is 2. The second-order valence-corrected chi connectivity index (χ2v) is 3.61. The van der Waals surface area contributed by atoms with Gasteiger partial charge < -0.3 is 0 Å². The summed E-state index contributed by atoms with van der Waals surface area (Å²) in [5.74, 6) is 0. The van der Waals surface area contributed by atoms with E-state index >= 15 is 0 Å². The molecule has 74 valence electrons. The molecule has 1 aromatic heterocycles. The maximum absolute atomic E-state index is 12.4. The van der Waals surface area contributed by atoms with Gasteiger partial charge in [0.1, 0.15) is 5.69 Å². The monoisotopic (exact) mass is 260 g/mol. The van der Waals surface area contributed by atoms with Crippen LogP contribution in [0.2, 0.25) is 0 Å². The Balaban J connectivity index is 3.21. The third-order valence-electron chi connectivity index (χ3n) is 1.75. The summed E-state index contributed by atoms with van der Waals surface area (Å²) in [5, 5.41) is 8.45. The van der Waals surface area contributed by atoms with Crippen LogP contribution in [0.25, 0.3) is 0 Å². The third-order valence-corrected chi connectivity index (χ3v) is 2.39. The van der Waals surface area contributed by atoms with Crippen LogP contribution in [0, 0.1) is 18.3 Å². The molecule has 1 aromatic rings. The van der Waals surface area contributed by atoms with Crippen LogP contribution in [0.15, 0.2) is 10.5 Å². The second kappa shape index (κ2) is 4.47. The molecule has 1 heterocycles. The zero-order valence-electron chi connectivity index (χ0n) is 7.39. The van der Waals surface area contributed by atoms with Crippen molar-refractivity contribution >= 4 is 15.9 Å². The number of rotatable bonds is 2. The van der Waals surface area contributed by atoms with E-state index in [1.54, 1.807) is 13.0 Å². The number of pyridine rings is 1. The van der Waals surface area contributed by atoms with Crippen molar-refractivity contribution in [2.45, 2.75) is 19.8 Å². The first-order valence-electron chi connectivity index (χ1n) is 3.87. The van der Waals surface area contributed by atoms with E-state index in [0.29, 0.717) is 5.69 Å². The van der Waals surface area contributed by atoms with Gasteiger partial charge in [-0.3, -0.25) is 0 Å². The SMILES string of the molecule is Cc1cc(Br)c(C(F)F)nc1CC#N. The molecular weight excluding hydrogens is 254 g/mol. The Morgan fingerprint density at radius 2 is 2.29 bits per heavy atom. The van der Waals surface area contributed by atoms with Gasteiger partial charge in [-0.05, 0) is 34.5 Å². The zero-order valence-corrected chi connectivity index (χ0v) is 8.98. The molecule has 0 saturated carbocycles. The number of aryl methyl sites for hydroxylation is 1. The Hall–Kier alpha value is -1.02. The summed E-state index contributed by atoms with van der Waals surface area (Å²) >= 11 is 3.01. The summed E-state index contributed by atoms with van der Waals surface area (Å²) in [4.78, 5) is 3.74. The molecule has 0 aliphatic carbocycles. The highest BCUT2D eigenvalue weighted by Gasteiger charge is 2.15. The molecule has 0 spiro atoms. The van der Waals surface area contributed by atoms with Gasteiger partial charge in [-0.2, -0.15) is 5.26 Å². The Morgan fingerprint density at radius 3 is 2.79 bits per heavy atom. The number of hydrogen-bond donors (Lipinski definition) is 0. The summed E-state index contributed by atoms with van der Waals surface area (Å²) < 4.78 is 25.1. The van der Waals surface area contributed by atoms with Gasteiger partial charge in [0.2, 0.25) is 0 Å². The topological polar surface area (TPSA) is 36.7 Å². The van der Waals surface area contributed by atoms with Crippen molar-refractivity contribution in [1.82, 2.24) is 4.98 Å². The Labute approximate surface area is 88.7 Å². The molecule has 0 radical (unpaired) electrons. The Bertz CT molecular complexity index is 385. The minimum Gasteiger partial charge on any atom is -0.249 e. The van der Waals surface area contributed by atoms with E-state index < -0.39 is 6.43 Å². The summed E-state index contributed by atoms with van der Waals surface area (Å²) in [6, 6.07) is 3.44. The molecule has 14 heavy (non-hydrogen) atoms. The molecule has 1 rings (SSSR count). The van der Waals surface area contributed by atoms with Crippen molar-refractivity contribution in [2.24, 2.45) is 0 Å². The van der Waals surface area contributed by atoms with Crippen molar-refractivity contribution < 1.29 is 8.78 Å². The lowest BCUT2D eigenvalue weighted by atomic mass is 10.1. The Morgan fingerprint density at radius 1 is 1.64 bits per heavy atom. The lowest BCUT2D eigenvalue weighted by Gasteiger charge is -2.07. The number of alkyl halides is 2. The second-order valence-electron chi connectivity index (χ2n) is 2.75. The van der Waals surface area contributed by atoms with E-state index in [2.05, 4.69) is 20.9 Å². The van der Waals surface area contributed by atoms with Crippen molar-refractivity contribution in [3.63, 3.8) is 0 Å². The van der Waals surface area contributed by atoms with Gasteiger partial charge in [-0.15, -0.1) is 0 Å². The van der Waals surface area contributed by atoms with Gasteiger partial charge in [0.05, 0.1) is 18.2 Å². The van der Waals surface area contributed by atoms with E-state index in [-0.39, 0.29) is 16.6 Å². The summed E-state index contributed by atoms with van der Waals surface area (Å²) in [6.07, 6.45) is -2.57. The van der Waals surface area contributed by atoms with Crippen molar-refractivity contribution in [2.75, 3.05) is 0 Å². The molecule has 0 unspecified atom stereocenters. The van der Waals surface area contributed by atoms with Crippen molar-refractivity contribution in [1.29, 1.82) is 5.26 Å². The maximum Gasteiger partial charge on any atom is 0.281 e. The first-order chi connectivity index (χ1) is 6.56. The lowest BCUT2D eigenvalue weighted by molar-refractivity contribution is 0.145. The number of nitriles is 1. The molecule has 0 aromatic carbocycles. The predicted octanol–water partition coefficient (Wildman–Crippen LogP) is 3.16. The highest BCUT2D eigenvalue weighted by molar-refractivity contribution is 9.10. The average molecular weight is 261 g/mol. The molecular formula is C9H7BrF2N2. The molecule has 0 fully saturated rings. The first-order valence-corrected chi connectivity index (χ1v) is 4.66. The molecule has 0 amide bonds. The van der Waals surface area contributed by atoms with Crippen LogP contribution in [0.3, 0.4) is 0 Å².